The van der Waals surface area contributed by atoms with Crippen LogP contribution in [-0.2, 0) is 38.8 Å². The van der Waals surface area contributed by atoms with Gasteiger partial charge in [0, 0.05) is 19.2 Å². The Morgan fingerprint density at radius 1 is 0.938 bits per heavy atom. The van der Waals surface area contributed by atoms with Crippen molar-refractivity contribution in [1.29, 1.82) is 0 Å². The van der Waals surface area contributed by atoms with Crippen molar-refractivity contribution in [2.45, 2.75) is 121 Å². The molecule has 0 bridgehead atoms. The van der Waals surface area contributed by atoms with Crippen molar-refractivity contribution in [3.05, 3.63) is 70.8 Å². The van der Waals surface area contributed by atoms with Crippen LogP contribution in [0.2, 0.25) is 0 Å². The zero-order valence-electron chi connectivity index (χ0n) is 28.2. The Morgan fingerprint density at radius 3 is 2.17 bits per heavy atom. The first-order chi connectivity index (χ1) is 22.4. The van der Waals surface area contributed by atoms with Gasteiger partial charge in [-0.15, -0.1) is 12.4 Å². The molecule has 1 saturated carbocycles. The molecule has 0 radical (unpaired) electrons. The molecule has 3 rings (SSSR count). The number of aliphatic hydroxyl groups excluding tert-OH is 1. The molecule has 13 heteroatoms. The highest BCUT2D eigenvalue weighted by atomic mass is 35.5. The Labute approximate surface area is 290 Å². The maximum Gasteiger partial charge on any atom is 0.408 e. The number of alkyl carbamates (subject to hydrolysis) is 1. The van der Waals surface area contributed by atoms with Gasteiger partial charge in [0.2, 0.25) is 5.91 Å². The van der Waals surface area contributed by atoms with E-state index in [0.29, 0.717) is 45.1 Å². The standard InChI is InChI=1S/C35H51F2N3O6S.ClH/c1-4-10-30(11-5-2)47(44,45)23-32(40-35(43)46-29-14-7-8-15-29)34(42)39-31(19-26-17-27(36)20-28(37)18-26)33(41)22-38-21-25-13-9-12-24(6-3)16-25;/h9,12-13,16-18,20,29-33,38,41H,4-8,10-11,14-15,19,21-23H2,1-3H3,(H,39,42)(H,40,43);1H/t31-,32?,33+;/m0./s1. The Kier molecular flexibility index (Phi) is 17.8. The van der Waals surface area contributed by atoms with Crippen LogP contribution in [0.25, 0.3) is 0 Å². The summed E-state index contributed by atoms with van der Waals surface area (Å²) in [7, 11) is -3.85. The second kappa shape index (κ2) is 20.7. The molecule has 4 N–H and O–H groups in total. The van der Waals surface area contributed by atoms with Crippen LogP contribution in [0, 0.1) is 11.6 Å². The highest BCUT2D eigenvalue weighted by Gasteiger charge is 2.35. The highest BCUT2D eigenvalue weighted by molar-refractivity contribution is 7.92. The van der Waals surface area contributed by atoms with Gasteiger partial charge in [0.25, 0.3) is 0 Å². The molecule has 1 unspecified atom stereocenters. The topological polar surface area (TPSA) is 134 Å². The number of halogens is 3. The number of hydrogen-bond acceptors (Lipinski definition) is 7. The summed E-state index contributed by atoms with van der Waals surface area (Å²) >= 11 is 0. The minimum Gasteiger partial charge on any atom is -0.446 e. The molecule has 2 aromatic rings. The molecule has 1 aliphatic carbocycles. The number of rotatable bonds is 19. The van der Waals surface area contributed by atoms with Crippen LogP contribution in [0.1, 0.15) is 88.8 Å². The van der Waals surface area contributed by atoms with E-state index in [4.69, 9.17) is 4.74 Å². The predicted molar refractivity (Wildman–Crippen MR) is 186 cm³/mol. The molecule has 1 aliphatic rings. The number of sulfone groups is 1. The third kappa shape index (κ3) is 13.6. The van der Waals surface area contributed by atoms with Crippen LogP contribution in [-0.4, -0.2) is 67.4 Å². The molecule has 2 aromatic carbocycles. The third-order valence-corrected chi connectivity index (χ3v) is 10.9. The highest BCUT2D eigenvalue weighted by Crippen LogP contribution is 2.22. The summed E-state index contributed by atoms with van der Waals surface area (Å²) in [6.07, 6.45) is 3.53. The first kappa shape index (κ1) is 41.4. The molecule has 0 heterocycles. The number of hydrogen-bond donors (Lipinski definition) is 4. The summed E-state index contributed by atoms with van der Waals surface area (Å²) in [5.74, 6) is -3.13. The number of benzene rings is 2. The summed E-state index contributed by atoms with van der Waals surface area (Å²) in [5, 5.41) is 18.9. The molecular weight excluding hydrogens is 664 g/mol. The van der Waals surface area contributed by atoms with Crippen molar-refractivity contribution in [3.8, 4) is 0 Å². The first-order valence-electron chi connectivity index (χ1n) is 16.8. The van der Waals surface area contributed by atoms with Crippen LogP contribution in [0.15, 0.2) is 42.5 Å². The summed E-state index contributed by atoms with van der Waals surface area (Å²) in [4.78, 5) is 26.7. The Balaban J connectivity index is 0.00000800. The van der Waals surface area contributed by atoms with Gasteiger partial charge in [0.15, 0.2) is 9.84 Å². The number of aryl methyl sites for hydroxylation is 1. The Morgan fingerprint density at radius 2 is 1.56 bits per heavy atom. The number of carbonyl (C=O) groups is 2. The smallest absolute Gasteiger partial charge is 0.408 e. The molecule has 2 amide bonds. The average molecular weight is 716 g/mol. The van der Waals surface area contributed by atoms with Gasteiger partial charge in [-0.3, -0.25) is 4.79 Å². The molecule has 9 nitrogen and oxygen atoms in total. The molecule has 270 valence electrons. The van der Waals surface area contributed by atoms with E-state index in [1.54, 1.807) is 0 Å². The molecule has 0 aromatic heterocycles. The monoisotopic (exact) mass is 715 g/mol. The number of aliphatic hydroxyl groups is 1. The van der Waals surface area contributed by atoms with Gasteiger partial charge in [-0.2, -0.15) is 0 Å². The maximum atomic E-state index is 14.1. The van der Waals surface area contributed by atoms with Gasteiger partial charge in [-0.05, 0) is 80.2 Å². The van der Waals surface area contributed by atoms with Crippen molar-refractivity contribution in [1.82, 2.24) is 16.0 Å². The van der Waals surface area contributed by atoms with Gasteiger partial charge < -0.3 is 25.8 Å². The van der Waals surface area contributed by atoms with Crippen molar-refractivity contribution in [2.24, 2.45) is 0 Å². The number of carbonyl (C=O) groups excluding carboxylic acids is 2. The van der Waals surface area contributed by atoms with E-state index in [1.165, 1.54) is 0 Å². The molecule has 48 heavy (non-hydrogen) atoms. The maximum absolute atomic E-state index is 14.1. The lowest BCUT2D eigenvalue weighted by Crippen LogP contribution is -2.57. The lowest BCUT2D eigenvalue weighted by Gasteiger charge is -2.28. The van der Waals surface area contributed by atoms with Crippen molar-refractivity contribution >= 4 is 34.2 Å². The second-order valence-electron chi connectivity index (χ2n) is 12.5. The quantitative estimate of drug-likeness (QED) is 0.150. The summed E-state index contributed by atoms with van der Waals surface area (Å²) in [6, 6.07) is 8.28. The zero-order valence-corrected chi connectivity index (χ0v) is 29.8. The van der Waals surface area contributed by atoms with E-state index in [1.807, 2.05) is 45.0 Å². The zero-order chi connectivity index (χ0) is 34.4. The summed E-state index contributed by atoms with van der Waals surface area (Å²) < 4.78 is 60.7. The van der Waals surface area contributed by atoms with Gasteiger partial charge >= 0.3 is 6.09 Å². The number of nitrogens with one attached hydrogen (secondary N) is 3. The van der Waals surface area contributed by atoms with Crippen LogP contribution in [0.3, 0.4) is 0 Å². The molecule has 1 fully saturated rings. The van der Waals surface area contributed by atoms with E-state index in [-0.39, 0.29) is 37.0 Å². The van der Waals surface area contributed by atoms with E-state index in [0.717, 1.165) is 48.6 Å². The Bertz CT molecular complexity index is 1380. The predicted octanol–water partition coefficient (Wildman–Crippen LogP) is 5.55. The molecule has 0 spiro atoms. The normalized spacial score (nSPS) is 15.4. The summed E-state index contributed by atoms with van der Waals surface area (Å²) in [5.41, 5.74) is 2.34. The van der Waals surface area contributed by atoms with E-state index in [2.05, 4.69) is 16.0 Å². The fourth-order valence-electron chi connectivity index (χ4n) is 6.05. The minimum atomic E-state index is -3.85. The van der Waals surface area contributed by atoms with Crippen LogP contribution in [0.4, 0.5) is 13.6 Å². The van der Waals surface area contributed by atoms with Gasteiger partial charge in [0.05, 0.1) is 23.1 Å². The fraction of sp³-hybridized carbons (Fsp3) is 0.600. The number of ether oxygens (including phenoxy) is 1. The largest absolute Gasteiger partial charge is 0.446 e. The summed E-state index contributed by atoms with van der Waals surface area (Å²) in [6.45, 7) is 6.25. The Hall–Kier alpha value is -2.80. The lowest BCUT2D eigenvalue weighted by molar-refractivity contribution is -0.124. The minimum absolute atomic E-state index is 0. The van der Waals surface area contributed by atoms with Gasteiger partial charge in [-0.25, -0.2) is 22.0 Å². The fourth-order valence-corrected chi connectivity index (χ4v) is 8.21. The SMILES string of the molecule is CCCC(CCC)S(=O)(=O)CC(NC(=O)OC1CCCC1)C(=O)N[C@@H](Cc1cc(F)cc(F)c1)[C@H](O)CNCc1cccc(CC)c1.Cl. The van der Waals surface area contributed by atoms with Gasteiger partial charge in [0.1, 0.15) is 23.8 Å². The van der Waals surface area contributed by atoms with Crippen LogP contribution >= 0.6 is 12.4 Å². The third-order valence-electron chi connectivity index (χ3n) is 8.56. The van der Waals surface area contributed by atoms with E-state index < -0.39 is 62.7 Å². The molecule has 3 atom stereocenters. The number of amides is 2. The van der Waals surface area contributed by atoms with Gasteiger partial charge in [-0.1, -0.05) is 57.9 Å². The van der Waals surface area contributed by atoms with Crippen LogP contribution < -0.4 is 16.0 Å². The van der Waals surface area contributed by atoms with E-state index >= 15 is 0 Å². The lowest BCUT2D eigenvalue weighted by atomic mass is 10.00. The molecule has 0 saturated heterocycles. The van der Waals surface area contributed by atoms with Crippen molar-refractivity contribution < 1.29 is 36.6 Å². The second-order valence-corrected chi connectivity index (χ2v) is 14.8. The average Bonchev–Trinajstić information content (AvgIpc) is 3.52. The van der Waals surface area contributed by atoms with Crippen molar-refractivity contribution in [3.63, 3.8) is 0 Å². The molecular formula is C35H52ClF2N3O6S. The van der Waals surface area contributed by atoms with Crippen molar-refractivity contribution in [2.75, 3.05) is 12.3 Å². The first-order valence-corrected chi connectivity index (χ1v) is 18.6. The van der Waals surface area contributed by atoms with Crippen LogP contribution in [0.5, 0.6) is 0 Å². The molecule has 0 aliphatic heterocycles. The van der Waals surface area contributed by atoms with E-state index in [9.17, 15) is 31.9 Å².